The van der Waals surface area contributed by atoms with Crippen molar-refractivity contribution in [3.05, 3.63) is 104 Å². The average Bonchev–Trinajstić information content (AvgIpc) is 3.53. The summed E-state index contributed by atoms with van der Waals surface area (Å²) in [6.45, 7) is 2.22. The van der Waals surface area contributed by atoms with Crippen molar-refractivity contribution in [2.45, 2.75) is 13.0 Å². The highest BCUT2D eigenvalue weighted by Gasteiger charge is 2.35. The van der Waals surface area contributed by atoms with Gasteiger partial charge in [-0.1, -0.05) is 42.5 Å². The molecule has 1 atom stereocenters. The summed E-state index contributed by atoms with van der Waals surface area (Å²) in [5.41, 5.74) is 6.27. The predicted octanol–water partition coefficient (Wildman–Crippen LogP) is 4.25. The average molecular weight is 493 g/mol. The van der Waals surface area contributed by atoms with Gasteiger partial charge in [-0.05, 0) is 42.3 Å². The molecule has 2 aliphatic heterocycles. The molecule has 7 rings (SSSR count). The van der Waals surface area contributed by atoms with Gasteiger partial charge in [-0.15, -0.1) is 0 Å². The topological polar surface area (TPSA) is 79.4 Å². The van der Waals surface area contributed by atoms with Gasteiger partial charge in [0.25, 0.3) is 5.56 Å². The molecular formula is C29H24N4O4. The summed E-state index contributed by atoms with van der Waals surface area (Å²) in [5, 5.41) is 4.18. The van der Waals surface area contributed by atoms with Crippen LogP contribution in [0.1, 0.15) is 22.9 Å². The third-order valence-electron chi connectivity index (χ3n) is 7.46. The Morgan fingerprint density at radius 1 is 0.892 bits per heavy atom. The molecule has 8 heteroatoms. The van der Waals surface area contributed by atoms with Gasteiger partial charge in [-0.2, -0.15) is 0 Å². The molecule has 37 heavy (non-hydrogen) atoms. The number of anilines is 1. The lowest BCUT2D eigenvalue weighted by Crippen LogP contribution is -2.37. The summed E-state index contributed by atoms with van der Waals surface area (Å²) in [7, 11) is 3.26. The molecule has 0 saturated carbocycles. The van der Waals surface area contributed by atoms with Crippen molar-refractivity contribution in [1.82, 2.24) is 13.7 Å². The van der Waals surface area contributed by atoms with Crippen molar-refractivity contribution < 1.29 is 9.47 Å². The first kappa shape index (κ1) is 21.6. The van der Waals surface area contributed by atoms with Gasteiger partial charge in [0.15, 0.2) is 11.5 Å². The van der Waals surface area contributed by atoms with Crippen LogP contribution in [0.3, 0.4) is 0 Å². The summed E-state index contributed by atoms with van der Waals surface area (Å²) in [5.74, 6) is 1.37. The molecular weight excluding hydrogens is 468 g/mol. The number of aromatic nitrogens is 3. The minimum atomic E-state index is -0.370. The largest absolute Gasteiger partial charge is 0.454 e. The highest BCUT2D eigenvalue weighted by molar-refractivity contribution is 6.00. The molecule has 2 aromatic heterocycles. The SMILES string of the molecule is Cc1ccccc1-c1c2c(=O)n(C)c(=O)n(C)c2c2n1-c1ccccc1N[C@@H]2c1ccc2c(c1)OCO2. The molecule has 0 bridgehead atoms. The maximum atomic E-state index is 13.8. The Balaban J connectivity index is 1.69. The number of hydrogen-bond acceptors (Lipinski definition) is 5. The first-order chi connectivity index (χ1) is 18.0. The van der Waals surface area contributed by atoms with Gasteiger partial charge in [0.2, 0.25) is 6.79 Å². The molecule has 0 radical (unpaired) electrons. The monoisotopic (exact) mass is 492 g/mol. The maximum absolute atomic E-state index is 13.8. The fraction of sp³-hybridized carbons (Fsp3) is 0.172. The Morgan fingerprint density at radius 2 is 1.65 bits per heavy atom. The second kappa shape index (κ2) is 7.64. The number of hydrogen-bond donors (Lipinski definition) is 1. The molecule has 5 aromatic rings. The number of ether oxygens (including phenoxy) is 2. The molecule has 0 unspecified atom stereocenters. The maximum Gasteiger partial charge on any atom is 0.331 e. The normalized spacial score (nSPS) is 15.4. The Labute approximate surface area is 211 Å². The number of fused-ring (bicyclic) bond motifs is 6. The lowest BCUT2D eigenvalue weighted by atomic mass is 9.99. The Bertz CT molecular complexity index is 1880. The minimum absolute atomic E-state index is 0.182. The quantitative estimate of drug-likeness (QED) is 0.399. The third kappa shape index (κ3) is 2.89. The third-order valence-corrected chi connectivity index (χ3v) is 7.46. The van der Waals surface area contributed by atoms with Crippen LogP contribution in [-0.2, 0) is 14.1 Å². The van der Waals surface area contributed by atoms with Crippen molar-refractivity contribution in [2.24, 2.45) is 14.1 Å². The van der Waals surface area contributed by atoms with Crippen LogP contribution in [-0.4, -0.2) is 20.5 Å². The van der Waals surface area contributed by atoms with Crippen LogP contribution in [0, 0.1) is 6.92 Å². The van der Waals surface area contributed by atoms with Gasteiger partial charge >= 0.3 is 5.69 Å². The van der Waals surface area contributed by atoms with Gasteiger partial charge < -0.3 is 19.4 Å². The van der Waals surface area contributed by atoms with E-state index in [1.54, 1.807) is 11.6 Å². The highest BCUT2D eigenvalue weighted by Crippen LogP contribution is 2.47. The van der Waals surface area contributed by atoms with Gasteiger partial charge in [-0.3, -0.25) is 13.9 Å². The number of benzene rings is 3. The summed E-state index contributed by atoms with van der Waals surface area (Å²) in [4.78, 5) is 27.0. The number of aryl methyl sites for hydroxylation is 2. The van der Waals surface area contributed by atoms with Crippen LogP contribution in [0.2, 0.25) is 0 Å². The lowest BCUT2D eigenvalue weighted by Gasteiger charge is -2.31. The van der Waals surface area contributed by atoms with Gasteiger partial charge in [0.05, 0.1) is 39.7 Å². The van der Waals surface area contributed by atoms with E-state index in [1.807, 2.05) is 73.7 Å². The van der Waals surface area contributed by atoms with Gasteiger partial charge in [0.1, 0.15) is 0 Å². The van der Waals surface area contributed by atoms with Crippen molar-refractivity contribution in [3.8, 4) is 28.4 Å². The van der Waals surface area contributed by atoms with E-state index in [0.717, 1.165) is 39.5 Å². The van der Waals surface area contributed by atoms with E-state index in [9.17, 15) is 9.59 Å². The van der Waals surface area contributed by atoms with E-state index < -0.39 is 0 Å². The van der Waals surface area contributed by atoms with Crippen LogP contribution in [0.25, 0.3) is 27.8 Å². The minimum Gasteiger partial charge on any atom is -0.454 e. The summed E-state index contributed by atoms with van der Waals surface area (Å²) < 4.78 is 16.1. The lowest BCUT2D eigenvalue weighted by molar-refractivity contribution is 0.174. The van der Waals surface area contributed by atoms with Crippen LogP contribution in [0.5, 0.6) is 11.5 Å². The van der Waals surface area contributed by atoms with Crippen LogP contribution < -0.4 is 26.0 Å². The van der Waals surface area contributed by atoms with E-state index in [-0.39, 0.29) is 24.1 Å². The molecule has 0 saturated heterocycles. The molecule has 184 valence electrons. The smallest absolute Gasteiger partial charge is 0.331 e. The second-order valence-electron chi connectivity index (χ2n) is 9.52. The molecule has 3 aromatic carbocycles. The van der Waals surface area contributed by atoms with Crippen LogP contribution >= 0.6 is 0 Å². The fourth-order valence-electron chi connectivity index (χ4n) is 5.65. The summed E-state index contributed by atoms with van der Waals surface area (Å²) in [6.07, 6.45) is 0. The number of nitrogens with one attached hydrogen (secondary N) is 1. The van der Waals surface area contributed by atoms with Crippen molar-refractivity contribution >= 4 is 16.6 Å². The number of nitrogens with zero attached hydrogens (tertiary/aromatic N) is 3. The molecule has 0 aliphatic carbocycles. The predicted molar refractivity (Wildman–Crippen MR) is 142 cm³/mol. The van der Waals surface area contributed by atoms with Gasteiger partial charge in [0, 0.05) is 19.7 Å². The molecule has 2 aliphatic rings. The standard InChI is InChI=1S/C29H24N4O4/c1-16-8-4-5-9-18(16)25-23-26(31(2)29(35)32(3)28(23)34)27-24(17-12-13-21-22(14-17)37-15-36-21)30-19-10-6-7-11-20(19)33(25)27/h4-14,24,30H,15H2,1-3H3/t24-/m1/s1. The Kier molecular flexibility index (Phi) is 4.45. The zero-order chi connectivity index (χ0) is 25.4. The molecule has 4 heterocycles. The molecule has 1 N–H and O–H groups in total. The molecule has 8 nitrogen and oxygen atoms in total. The second-order valence-corrected chi connectivity index (χ2v) is 9.52. The number of rotatable bonds is 2. The molecule has 0 spiro atoms. The first-order valence-electron chi connectivity index (χ1n) is 12.1. The van der Waals surface area contributed by atoms with Crippen LogP contribution in [0.15, 0.2) is 76.3 Å². The van der Waals surface area contributed by atoms with Crippen molar-refractivity contribution in [2.75, 3.05) is 12.1 Å². The number of para-hydroxylation sites is 2. The highest BCUT2D eigenvalue weighted by atomic mass is 16.7. The summed E-state index contributed by atoms with van der Waals surface area (Å²) in [6, 6.07) is 21.6. The Morgan fingerprint density at radius 3 is 2.49 bits per heavy atom. The fourth-order valence-corrected chi connectivity index (χ4v) is 5.65. The van der Waals surface area contributed by atoms with Gasteiger partial charge in [-0.25, -0.2) is 4.79 Å². The first-order valence-corrected chi connectivity index (χ1v) is 12.1. The van der Waals surface area contributed by atoms with E-state index >= 15 is 0 Å². The van der Waals surface area contributed by atoms with Crippen LogP contribution in [0.4, 0.5) is 5.69 Å². The van der Waals surface area contributed by atoms with Crippen molar-refractivity contribution in [1.29, 1.82) is 0 Å². The molecule has 0 amide bonds. The zero-order valence-corrected chi connectivity index (χ0v) is 20.6. The Hall–Kier alpha value is -4.72. The van der Waals surface area contributed by atoms with E-state index in [4.69, 9.17) is 9.47 Å². The van der Waals surface area contributed by atoms with E-state index in [0.29, 0.717) is 22.4 Å². The summed E-state index contributed by atoms with van der Waals surface area (Å²) >= 11 is 0. The molecule has 0 fully saturated rings. The van der Waals surface area contributed by atoms with Crippen molar-refractivity contribution in [3.63, 3.8) is 0 Å². The van der Waals surface area contributed by atoms with E-state index in [2.05, 4.69) is 9.88 Å². The van der Waals surface area contributed by atoms with E-state index in [1.165, 1.54) is 11.6 Å². The zero-order valence-electron chi connectivity index (χ0n) is 20.6.